The highest BCUT2D eigenvalue weighted by atomic mass is 32.1. The zero-order valence-corrected chi connectivity index (χ0v) is 17.7. The third-order valence-corrected chi connectivity index (χ3v) is 5.18. The van der Waals surface area contributed by atoms with Crippen LogP contribution in [0.5, 0.6) is 5.75 Å². The van der Waals surface area contributed by atoms with E-state index in [1.807, 2.05) is 54.6 Å². The van der Waals surface area contributed by atoms with Crippen LogP contribution in [-0.4, -0.2) is 27.5 Å². The van der Waals surface area contributed by atoms with Gasteiger partial charge in [-0.3, -0.25) is 0 Å². The van der Waals surface area contributed by atoms with Gasteiger partial charge in [-0.1, -0.05) is 60.7 Å². The zero-order chi connectivity index (χ0) is 22.7. The number of carboxylic acid groups (broad SMARTS) is 1. The number of phenolic OH excluding ortho intramolecular Hbond substituents is 1. The largest absolute Gasteiger partial charge is 0.507 e. The smallest absolute Gasteiger partial charge is 0.335 e. The number of hydrogen-bond acceptors (Lipinski definition) is 4. The van der Waals surface area contributed by atoms with Gasteiger partial charge in [-0.05, 0) is 52.8 Å². The first-order chi connectivity index (χ1) is 15.5. The molecule has 0 aliphatic heterocycles. The first-order valence-corrected chi connectivity index (χ1v) is 10.1. The van der Waals surface area contributed by atoms with Gasteiger partial charge >= 0.3 is 5.97 Å². The second-order valence-corrected chi connectivity index (χ2v) is 7.44. The number of carbonyl (C=O) groups is 1. The van der Waals surface area contributed by atoms with Crippen LogP contribution in [0.2, 0.25) is 0 Å². The maximum absolute atomic E-state index is 11.3. The number of thiocarbonyl (C=S) groups is 1. The fourth-order valence-corrected chi connectivity index (χ4v) is 3.64. The number of para-hydroxylation sites is 1. The van der Waals surface area contributed by atoms with E-state index in [-0.39, 0.29) is 16.4 Å². The summed E-state index contributed by atoms with van der Waals surface area (Å²) in [4.78, 5) is 11.3. The molecule has 0 unspecified atom stereocenters. The van der Waals surface area contributed by atoms with Crippen molar-refractivity contribution in [3.63, 3.8) is 0 Å². The summed E-state index contributed by atoms with van der Waals surface area (Å²) in [6, 6.07) is 25.4. The summed E-state index contributed by atoms with van der Waals surface area (Å²) in [7, 11) is 0. The number of anilines is 1. The van der Waals surface area contributed by atoms with Crippen LogP contribution in [0.3, 0.4) is 0 Å². The Labute approximate surface area is 189 Å². The monoisotopic (exact) mass is 441 g/mol. The molecular weight excluding hydrogens is 422 g/mol. The summed E-state index contributed by atoms with van der Waals surface area (Å²) < 4.78 is 0. The molecule has 0 aromatic heterocycles. The van der Waals surface area contributed by atoms with Crippen molar-refractivity contribution in [1.82, 2.24) is 0 Å². The van der Waals surface area contributed by atoms with Crippen molar-refractivity contribution in [3.8, 4) is 16.9 Å². The Morgan fingerprint density at radius 3 is 2.41 bits per heavy atom. The molecule has 0 heterocycles. The fourth-order valence-electron chi connectivity index (χ4n) is 3.48. The molecule has 0 bridgehead atoms. The number of benzene rings is 4. The van der Waals surface area contributed by atoms with E-state index < -0.39 is 5.97 Å². The first-order valence-electron chi connectivity index (χ1n) is 9.72. The summed E-state index contributed by atoms with van der Waals surface area (Å²) >= 11 is 5.09. The molecule has 0 saturated heterocycles. The number of aromatic carboxylic acids is 1. The average molecular weight is 442 g/mol. The van der Waals surface area contributed by atoms with Gasteiger partial charge < -0.3 is 15.9 Å². The molecule has 0 fully saturated rings. The van der Waals surface area contributed by atoms with Crippen LogP contribution in [0.15, 0.2) is 90.0 Å². The van der Waals surface area contributed by atoms with E-state index in [9.17, 15) is 15.0 Å². The van der Waals surface area contributed by atoms with Crippen LogP contribution in [0, 0.1) is 0 Å². The van der Waals surface area contributed by atoms with Crippen molar-refractivity contribution in [2.75, 3.05) is 5.01 Å². The van der Waals surface area contributed by atoms with Crippen LogP contribution < -0.4 is 10.7 Å². The lowest BCUT2D eigenvalue weighted by atomic mass is 9.96. The molecule has 158 valence electrons. The van der Waals surface area contributed by atoms with Gasteiger partial charge in [0, 0.05) is 11.1 Å². The number of nitrogens with zero attached hydrogens (tertiary/aromatic N) is 2. The maximum atomic E-state index is 11.3. The molecule has 0 saturated carbocycles. The number of aromatic hydroxyl groups is 1. The summed E-state index contributed by atoms with van der Waals surface area (Å²) in [5, 5.41) is 27.8. The minimum atomic E-state index is -1.07. The molecule has 0 atom stereocenters. The zero-order valence-electron chi connectivity index (χ0n) is 16.8. The Kier molecular flexibility index (Phi) is 5.83. The lowest BCUT2D eigenvalue weighted by Gasteiger charge is -2.17. The highest BCUT2D eigenvalue weighted by Gasteiger charge is 2.13. The molecule has 0 spiro atoms. The van der Waals surface area contributed by atoms with Crippen molar-refractivity contribution >= 4 is 46.0 Å². The van der Waals surface area contributed by atoms with Crippen LogP contribution >= 0.6 is 12.2 Å². The number of hydrazone groups is 1. The molecule has 4 aromatic rings. The Morgan fingerprint density at radius 2 is 1.62 bits per heavy atom. The molecule has 4 rings (SSSR count). The molecular formula is C25H19N3O3S. The predicted molar refractivity (Wildman–Crippen MR) is 131 cm³/mol. The number of hydrogen-bond donors (Lipinski definition) is 3. The van der Waals surface area contributed by atoms with E-state index in [2.05, 4.69) is 5.10 Å². The third kappa shape index (κ3) is 4.14. The lowest BCUT2D eigenvalue weighted by molar-refractivity contribution is 0.0697. The SMILES string of the molecule is NC(=S)N(N=Cc1cccc(-c2cccc3ccccc23)c1O)c1cccc(C(=O)O)c1. The van der Waals surface area contributed by atoms with Gasteiger partial charge in [0.05, 0.1) is 17.5 Å². The Balaban J connectivity index is 1.74. The van der Waals surface area contributed by atoms with E-state index in [1.54, 1.807) is 18.2 Å². The van der Waals surface area contributed by atoms with Crippen LogP contribution in [-0.2, 0) is 0 Å². The molecule has 32 heavy (non-hydrogen) atoms. The Hall–Kier alpha value is -4.23. The Bertz CT molecular complexity index is 1360. The van der Waals surface area contributed by atoms with E-state index in [0.717, 1.165) is 16.3 Å². The molecule has 0 aliphatic carbocycles. The fraction of sp³-hybridized carbons (Fsp3) is 0. The first kappa shape index (κ1) is 21.0. The minimum Gasteiger partial charge on any atom is -0.507 e. The lowest BCUT2D eigenvalue weighted by Crippen LogP contribution is -2.31. The predicted octanol–water partition coefficient (Wildman–Crippen LogP) is 4.99. The van der Waals surface area contributed by atoms with E-state index in [4.69, 9.17) is 18.0 Å². The van der Waals surface area contributed by atoms with E-state index in [0.29, 0.717) is 16.8 Å². The van der Waals surface area contributed by atoms with Crippen LogP contribution in [0.4, 0.5) is 5.69 Å². The maximum Gasteiger partial charge on any atom is 0.335 e. The highest BCUT2D eigenvalue weighted by Crippen LogP contribution is 2.36. The molecule has 0 amide bonds. The Morgan fingerprint density at radius 1 is 0.938 bits per heavy atom. The van der Waals surface area contributed by atoms with Gasteiger partial charge in [-0.15, -0.1) is 0 Å². The summed E-state index contributed by atoms with van der Waals surface area (Å²) in [6.07, 6.45) is 1.44. The molecule has 0 aliphatic rings. The summed E-state index contributed by atoms with van der Waals surface area (Å²) in [6.45, 7) is 0. The quantitative estimate of drug-likeness (QED) is 0.229. The second-order valence-electron chi connectivity index (χ2n) is 7.02. The number of fused-ring (bicyclic) bond motifs is 1. The average Bonchev–Trinajstić information content (AvgIpc) is 2.80. The van der Waals surface area contributed by atoms with Crippen molar-refractivity contribution in [3.05, 3.63) is 96.1 Å². The normalized spacial score (nSPS) is 11.0. The molecule has 4 aromatic carbocycles. The van der Waals surface area contributed by atoms with Gasteiger partial charge in [0.15, 0.2) is 5.11 Å². The number of nitrogens with two attached hydrogens (primary N) is 1. The number of rotatable bonds is 5. The third-order valence-electron chi connectivity index (χ3n) is 5.01. The second kappa shape index (κ2) is 8.87. The molecule has 0 radical (unpaired) electrons. The van der Waals surface area contributed by atoms with Crippen molar-refractivity contribution < 1.29 is 15.0 Å². The molecule has 6 nitrogen and oxygen atoms in total. The van der Waals surface area contributed by atoms with Crippen molar-refractivity contribution in [1.29, 1.82) is 0 Å². The van der Waals surface area contributed by atoms with Gasteiger partial charge in [0.1, 0.15) is 5.75 Å². The summed E-state index contributed by atoms with van der Waals surface area (Å²) in [5.41, 5.74) is 8.33. The number of phenols is 1. The van der Waals surface area contributed by atoms with Gasteiger partial charge in [0.25, 0.3) is 0 Å². The van der Waals surface area contributed by atoms with Crippen molar-refractivity contribution in [2.24, 2.45) is 10.8 Å². The summed E-state index contributed by atoms with van der Waals surface area (Å²) in [5.74, 6) is -1.01. The van der Waals surface area contributed by atoms with Crippen molar-refractivity contribution in [2.45, 2.75) is 0 Å². The van der Waals surface area contributed by atoms with Crippen LogP contribution in [0.25, 0.3) is 21.9 Å². The minimum absolute atomic E-state index is 0.0616. The van der Waals surface area contributed by atoms with E-state index in [1.165, 1.54) is 23.4 Å². The number of carboxylic acids is 1. The van der Waals surface area contributed by atoms with Gasteiger partial charge in [-0.25, -0.2) is 9.80 Å². The molecule has 7 heteroatoms. The van der Waals surface area contributed by atoms with E-state index >= 15 is 0 Å². The van der Waals surface area contributed by atoms with Gasteiger partial charge in [0.2, 0.25) is 0 Å². The standard InChI is InChI=1S/C25H19N3O3S/c26-25(32)28(19-10-3-8-17(14-19)24(30)31)27-15-18-9-5-13-22(23(18)29)21-12-4-7-16-6-1-2-11-20(16)21/h1-15,29H,(H2,26,32)(H,30,31). The topological polar surface area (TPSA) is 99.1 Å². The highest BCUT2D eigenvalue weighted by molar-refractivity contribution is 7.80. The van der Waals surface area contributed by atoms with Crippen LogP contribution in [0.1, 0.15) is 15.9 Å². The molecule has 4 N–H and O–H groups in total. The van der Waals surface area contributed by atoms with Gasteiger partial charge in [-0.2, -0.15) is 5.10 Å².